The molecule has 0 bridgehead atoms. The second-order valence-corrected chi connectivity index (χ2v) is 7.95. The molecule has 2 N–H and O–H groups in total. The van der Waals surface area contributed by atoms with Crippen molar-refractivity contribution in [2.24, 2.45) is 16.6 Å². The summed E-state index contributed by atoms with van der Waals surface area (Å²) in [5.74, 6) is -2.32. The molecular weight excluding hydrogens is 460 g/mol. The smallest absolute Gasteiger partial charge is 0.283 e. The summed E-state index contributed by atoms with van der Waals surface area (Å²) in [4.78, 5) is 24.4. The number of carbonyl (C=O) groups excluding carboxylic acids is 1. The van der Waals surface area contributed by atoms with Crippen molar-refractivity contribution in [1.29, 1.82) is 0 Å². The zero-order valence-electron chi connectivity index (χ0n) is 17.9. The number of hydrogen-bond acceptors (Lipinski definition) is 8. The molecular formula is C22H22F4N4O4. The molecule has 0 aliphatic carbocycles. The predicted octanol–water partition coefficient (Wildman–Crippen LogP) is 2.60. The standard InChI is InChI=1S/C22H22F4N4O4/c23-7-18-20-17(3-4-32-18)34-21(27)30-22(20,10-24)13-5-12(1-2-14(13)26)6-16(31)15-8-29-19(9-28-15)33-11-25/h1-2,5,8-9,17-18,20H,3-4,6-7,10-11H2,(H2,27,30)/t17-,18+,20-,22-/m1/s1. The molecule has 2 aliphatic heterocycles. The molecule has 4 rings (SSSR count). The largest absolute Gasteiger partial charge is 0.462 e. The van der Waals surface area contributed by atoms with Gasteiger partial charge < -0.3 is 19.9 Å². The summed E-state index contributed by atoms with van der Waals surface area (Å²) in [6.45, 7) is -3.04. The first-order valence-electron chi connectivity index (χ1n) is 10.5. The number of ether oxygens (including phenoxy) is 3. The number of nitrogens with zero attached hydrogens (tertiary/aromatic N) is 3. The van der Waals surface area contributed by atoms with Gasteiger partial charge in [-0.1, -0.05) is 6.07 Å². The van der Waals surface area contributed by atoms with Gasteiger partial charge in [0.2, 0.25) is 12.7 Å². The summed E-state index contributed by atoms with van der Waals surface area (Å²) in [5.41, 5.74) is 4.04. The first kappa shape index (κ1) is 23.9. The van der Waals surface area contributed by atoms with Crippen molar-refractivity contribution in [1.82, 2.24) is 9.97 Å². The Morgan fingerprint density at radius 1 is 1.24 bits per heavy atom. The number of benzene rings is 1. The van der Waals surface area contributed by atoms with Crippen LogP contribution in [0.3, 0.4) is 0 Å². The Morgan fingerprint density at radius 2 is 2.06 bits per heavy atom. The Hall–Kier alpha value is -3.28. The van der Waals surface area contributed by atoms with Crippen LogP contribution in [0.5, 0.6) is 5.88 Å². The highest BCUT2D eigenvalue weighted by molar-refractivity contribution is 5.95. The Bertz CT molecular complexity index is 1070. The quantitative estimate of drug-likeness (QED) is 0.455. The van der Waals surface area contributed by atoms with Gasteiger partial charge in [0.15, 0.2) is 5.78 Å². The summed E-state index contributed by atoms with van der Waals surface area (Å²) in [7, 11) is 0. The zero-order valence-corrected chi connectivity index (χ0v) is 17.9. The molecule has 0 saturated carbocycles. The number of fused-ring (bicyclic) bond motifs is 1. The van der Waals surface area contributed by atoms with Crippen molar-refractivity contribution in [2.45, 2.75) is 30.6 Å². The molecule has 2 aromatic rings. The van der Waals surface area contributed by atoms with Crippen molar-refractivity contribution in [3.8, 4) is 5.88 Å². The maximum Gasteiger partial charge on any atom is 0.283 e. The molecule has 2 aliphatic rings. The summed E-state index contributed by atoms with van der Waals surface area (Å²) < 4.78 is 71.3. The molecule has 12 heteroatoms. The molecule has 0 amide bonds. The minimum absolute atomic E-state index is 0.0242. The molecule has 0 unspecified atom stereocenters. The highest BCUT2D eigenvalue weighted by Gasteiger charge is 2.55. The second kappa shape index (κ2) is 9.92. The highest BCUT2D eigenvalue weighted by atomic mass is 19.1. The first-order chi connectivity index (χ1) is 16.4. The SMILES string of the molecule is NC1=N[C@](CF)(c2cc(CC(=O)c3cnc(OCF)cn3)ccc2F)[C@H]2[C@H](CF)OCC[C@H]2O1. The average Bonchev–Trinajstić information content (AvgIpc) is 2.84. The Kier molecular flexibility index (Phi) is 6.96. The third-order valence-electron chi connectivity index (χ3n) is 6.00. The summed E-state index contributed by atoms with van der Waals surface area (Å²) >= 11 is 0. The maximum absolute atomic E-state index is 15.1. The normalized spacial score (nSPS) is 26.2. The van der Waals surface area contributed by atoms with E-state index in [1.165, 1.54) is 12.1 Å². The fourth-order valence-corrected chi connectivity index (χ4v) is 4.51. The van der Waals surface area contributed by atoms with Gasteiger partial charge in [-0.25, -0.2) is 32.5 Å². The average molecular weight is 482 g/mol. The van der Waals surface area contributed by atoms with E-state index in [2.05, 4.69) is 19.7 Å². The van der Waals surface area contributed by atoms with Gasteiger partial charge >= 0.3 is 0 Å². The number of Topliss-reactive ketones (excluding diaryl/α,β-unsaturated/α-hetero) is 1. The van der Waals surface area contributed by atoms with Gasteiger partial charge in [-0.05, 0) is 17.7 Å². The number of rotatable bonds is 8. The lowest BCUT2D eigenvalue weighted by Crippen LogP contribution is -2.58. The van der Waals surface area contributed by atoms with Crippen molar-refractivity contribution in [2.75, 3.05) is 26.8 Å². The van der Waals surface area contributed by atoms with Crippen LogP contribution in [0, 0.1) is 11.7 Å². The number of alkyl halides is 3. The fraction of sp³-hybridized carbons (Fsp3) is 0.455. The van der Waals surface area contributed by atoms with Gasteiger partial charge in [-0.2, -0.15) is 0 Å². The van der Waals surface area contributed by atoms with Crippen LogP contribution >= 0.6 is 0 Å². The number of aliphatic imine (C=N–C) groups is 1. The van der Waals surface area contributed by atoms with Crippen LogP contribution in [0.15, 0.2) is 35.6 Å². The monoisotopic (exact) mass is 482 g/mol. The Morgan fingerprint density at radius 3 is 2.74 bits per heavy atom. The molecule has 1 aromatic carbocycles. The minimum Gasteiger partial charge on any atom is -0.462 e. The van der Waals surface area contributed by atoms with Crippen molar-refractivity contribution >= 4 is 11.8 Å². The van der Waals surface area contributed by atoms with Gasteiger partial charge in [0.25, 0.3) is 6.02 Å². The van der Waals surface area contributed by atoms with Gasteiger partial charge in [0.05, 0.1) is 31.0 Å². The number of hydrogen-bond donors (Lipinski definition) is 1. The van der Waals surface area contributed by atoms with Crippen LogP contribution in [0.4, 0.5) is 17.6 Å². The molecule has 4 atom stereocenters. The van der Waals surface area contributed by atoms with Gasteiger partial charge in [0.1, 0.15) is 36.5 Å². The summed E-state index contributed by atoms with van der Waals surface area (Å²) in [6, 6.07) is 3.43. The van der Waals surface area contributed by atoms with Crippen LogP contribution in [-0.4, -0.2) is 60.8 Å². The number of carbonyl (C=O) groups is 1. The fourth-order valence-electron chi connectivity index (χ4n) is 4.51. The number of ketones is 1. The molecule has 182 valence electrons. The maximum atomic E-state index is 15.1. The van der Waals surface area contributed by atoms with Crippen LogP contribution in [-0.2, 0) is 21.4 Å². The van der Waals surface area contributed by atoms with E-state index in [0.29, 0.717) is 12.0 Å². The Balaban J connectivity index is 1.68. The number of aromatic nitrogens is 2. The molecule has 0 radical (unpaired) electrons. The molecule has 8 nitrogen and oxygen atoms in total. The van der Waals surface area contributed by atoms with Crippen molar-refractivity contribution in [3.63, 3.8) is 0 Å². The topological polar surface area (TPSA) is 109 Å². The summed E-state index contributed by atoms with van der Waals surface area (Å²) in [5, 5.41) is 0. The van der Waals surface area contributed by atoms with E-state index in [9.17, 15) is 18.0 Å². The Labute approximate surface area is 192 Å². The lowest BCUT2D eigenvalue weighted by atomic mass is 9.70. The molecule has 1 aromatic heterocycles. The molecule has 1 fully saturated rings. The molecule has 3 heterocycles. The summed E-state index contributed by atoms with van der Waals surface area (Å²) in [6.07, 6.45) is 0.519. The third kappa shape index (κ3) is 4.41. The number of halogens is 4. The third-order valence-corrected chi connectivity index (χ3v) is 6.00. The van der Waals surface area contributed by atoms with Crippen LogP contribution < -0.4 is 10.5 Å². The van der Waals surface area contributed by atoms with E-state index >= 15 is 4.39 Å². The molecule has 1 saturated heterocycles. The van der Waals surface area contributed by atoms with E-state index in [1.807, 2.05) is 0 Å². The van der Waals surface area contributed by atoms with Crippen LogP contribution in [0.2, 0.25) is 0 Å². The molecule has 34 heavy (non-hydrogen) atoms. The van der Waals surface area contributed by atoms with Gasteiger partial charge in [-0.3, -0.25) is 4.79 Å². The van der Waals surface area contributed by atoms with E-state index in [4.69, 9.17) is 15.2 Å². The lowest BCUT2D eigenvalue weighted by Gasteiger charge is -2.48. The predicted molar refractivity (Wildman–Crippen MR) is 111 cm³/mol. The number of amidine groups is 1. The minimum atomic E-state index is -1.89. The number of nitrogens with two attached hydrogens (primary N) is 1. The second-order valence-electron chi connectivity index (χ2n) is 7.95. The van der Waals surface area contributed by atoms with E-state index < -0.39 is 55.5 Å². The zero-order chi connectivity index (χ0) is 24.3. The van der Waals surface area contributed by atoms with Crippen LogP contribution in [0.25, 0.3) is 0 Å². The van der Waals surface area contributed by atoms with E-state index in [-0.39, 0.29) is 36.2 Å². The van der Waals surface area contributed by atoms with E-state index in [1.54, 1.807) is 0 Å². The van der Waals surface area contributed by atoms with Crippen molar-refractivity contribution < 1.29 is 36.6 Å². The first-order valence-corrected chi connectivity index (χ1v) is 10.5. The van der Waals surface area contributed by atoms with Crippen molar-refractivity contribution in [3.05, 3.63) is 53.2 Å². The van der Waals surface area contributed by atoms with Gasteiger partial charge in [0, 0.05) is 18.4 Å². The highest BCUT2D eigenvalue weighted by Crippen LogP contribution is 2.46. The van der Waals surface area contributed by atoms with E-state index in [0.717, 1.165) is 18.5 Å². The van der Waals surface area contributed by atoms with Gasteiger partial charge in [-0.15, -0.1) is 0 Å². The van der Waals surface area contributed by atoms with Crippen LogP contribution in [0.1, 0.15) is 28.0 Å². The molecule has 0 spiro atoms. The lowest BCUT2D eigenvalue weighted by molar-refractivity contribution is -0.134.